The highest BCUT2D eigenvalue weighted by molar-refractivity contribution is 7.93. The van der Waals surface area contributed by atoms with Gasteiger partial charge in [-0.2, -0.15) is 5.10 Å². The molecule has 0 bridgehead atoms. The molecule has 174 valence electrons. The maximum atomic E-state index is 12.7. The van der Waals surface area contributed by atoms with E-state index in [0.29, 0.717) is 36.5 Å². The summed E-state index contributed by atoms with van der Waals surface area (Å²) >= 11 is 0. The summed E-state index contributed by atoms with van der Waals surface area (Å²) in [5.74, 6) is 1.04. The van der Waals surface area contributed by atoms with Gasteiger partial charge in [0.05, 0.1) is 23.4 Å². The quantitative estimate of drug-likeness (QED) is 0.421. The molecule has 4 aromatic rings. The number of rotatable bonds is 7. The zero-order chi connectivity index (χ0) is 23.5. The van der Waals surface area contributed by atoms with E-state index in [-0.39, 0.29) is 18.1 Å². The van der Waals surface area contributed by atoms with Crippen LogP contribution in [0.3, 0.4) is 0 Å². The first-order valence-corrected chi connectivity index (χ1v) is 12.6. The lowest BCUT2D eigenvalue weighted by atomic mass is 10.1. The summed E-state index contributed by atoms with van der Waals surface area (Å²) in [5.41, 5.74) is 3.22. The summed E-state index contributed by atoms with van der Waals surface area (Å²) < 4.78 is 31.7. The van der Waals surface area contributed by atoms with Gasteiger partial charge in [0, 0.05) is 11.9 Å². The van der Waals surface area contributed by atoms with Crippen molar-refractivity contribution in [2.24, 2.45) is 0 Å². The number of H-pyrrole nitrogens is 1. The van der Waals surface area contributed by atoms with Crippen molar-refractivity contribution in [1.29, 1.82) is 0 Å². The van der Waals surface area contributed by atoms with Gasteiger partial charge in [-0.05, 0) is 47.9 Å². The Bertz CT molecular complexity index is 1420. The predicted octanol–water partition coefficient (Wildman–Crippen LogP) is 3.86. The number of hydrogen-bond acceptors (Lipinski definition) is 5. The Balaban J connectivity index is 1.24. The number of nitrogens with one attached hydrogen (secondary N) is 2. The molecule has 0 saturated carbocycles. The highest BCUT2D eigenvalue weighted by Crippen LogP contribution is 2.30. The summed E-state index contributed by atoms with van der Waals surface area (Å²) in [7, 11) is -3.29. The molecule has 1 aromatic heterocycles. The topological polar surface area (TPSA) is 104 Å². The molecule has 3 aromatic carbocycles. The van der Waals surface area contributed by atoms with Crippen molar-refractivity contribution in [2.75, 3.05) is 21.9 Å². The van der Waals surface area contributed by atoms with E-state index in [9.17, 15) is 13.2 Å². The zero-order valence-electron chi connectivity index (χ0n) is 18.4. The van der Waals surface area contributed by atoms with Crippen molar-refractivity contribution in [3.05, 3.63) is 83.9 Å². The van der Waals surface area contributed by atoms with Gasteiger partial charge in [0.2, 0.25) is 15.9 Å². The summed E-state index contributed by atoms with van der Waals surface area (Å²) in [6.45, 7) is 0.937. The third-order valence-corrected chi connectivity index (χ3v) is 7.60. The minimum Gasteiger partial charge on any atom is -0.489 e. The fourth-order valence-corrected chi connectivity index (χ4v) is 5.54. The lowest BCUT2D eigenvalue weighted by molar-refractivity contribution is -0.115. The van der Waals surface area contributed by atoms with Gasteiger partial charge >= 0.3 is 0 Å². The van der Waals surface area contributed by atoms with Gasteiger partial charge in [0.15, 0.2) is 5.82 Å². The van der Waals surface area contributed by atoms with Crippen LogP contribution in [0.1, 0.15) is 17.5 Å². The maximum Gasteiger partial charge on any atom is 0.235 e. The minimum atomic E-state index is -3.29. The predicted molar refractivity (Wildman–Crippen MR) is 131 cm³/mol. The number of aromatic nitrogens is 2. The van der Waals surface area contributed by atoms with Crippen LogP contribution in [-0.2, 0) is 27.8 Å². The summed E-state index contributed by atoms with van der Waals surface area (Å²) in [6.07, 6.45) is 0.777. The van der Waals surface area contributed by atoms with E-state index >= 15 is 0 Å². The number of sulfonamides is 1. The number of benzene rings is 3. The van der Waals surface area contributed by atoms with Crippen LogP contribution in [0.4, 0.5) is 11.5 Å². The van der Waals surface area contributed by atoms with Crippen molar-refractivity contribution in [3.63, 3.8) is 0 Å². The number of nitrogens with zero attached hydrogens (tertiary/aromatic N) is 2. The summed E-state index contributed by atoms with van der Waals surface area (Å²) in [4.78, 5) is 12.7. The van der Waals surface area contributed by atoms with E-state index in [4.69, 9.17) is 4.74 Å². The molecular weight excluding hydrogens is 452 g/mol. The molecule has 1 fully saturated rings. The average Bonchev–Trinajstić information content (AvgIpc) is 3.41. The number of carbonyl (C=O) groups excluding carboxylic acids is 1. The fraction of sp³-hybridized carbons (Fsp3) is 0.200. The lowest BCUT2D eigenvalue weighted by Crippen LogP contribution is -2.24. The molecule has 1 aliphatic rings. The Morgan fingerprint density at radius 2 is 1.82 bits per heavy atom. The van der Waals surface area contributed by atoms with E-state index in [2.05, 4.69) is 15.5 Å². The van der Waals surface area contributed by atoms with Crippen LogP contribution in [0.2, 0.25) is 0 Å². The molecule has 0 radical (unpaired) electrons. The number of aromatic amines is 1. The van der Waals surface area contributed by atoms with Crippen molar-refractivity contribution < 1.29 is 17.9 Å². The first-order valence-electron chi connectivity index (χ1n) is 11.0. The smallest absolute Gasteiger partial charge is 0.235 e. The van der Waals surface area contributed by atoms with Crippen LogP contribution in [0.15, 0.2) is 72.8 Å². The average molecular weight is 477 g/mol. The van der Waals surface area contributed by atoms with E-state index in [0.717, 1.165) is 22.4 Å². The molecule has 5 rings (SSSR count). The molecule has 9 heteroatoms. The number of amides is 1. The first-order chi connectivity index (χ1) is 16.5. The molecule has 1 saturated heterocycles. The number of fused-ring (bicyclic) bond motifs is 1. The van der Waals surface area contributed by atoms with Gasteiger partial charge in [0.25, 0.3) is 0 Å². The first kappa shape index (κ1) is 22.0. The third-order valence-electron chi connectivity index (χ3n) is 5.73. The van der Waals surface area contributed by atoms with Gasteiger partial charge in [-0.25, -0.2) is 8.42 Å². The second-order valence-electron chi connectivity index (χ2n) is 8.19. The van der Waals surface area contributed by atoms with Gasteiger partial charge in [0.1, 0.15) is 12.4 Å². The van der Waals surface area contributed by atoms with Gasteiger partial charge in [-0.3, -0.25) is 14.2 Å². The van der Waals surface area contributed by atoms with Gasteiger partial charge in [-0.1, -0.05) is 42.5 Å². The van der Waals surface area contributed by atoms with Crippen LogP contribution in [0, 0.1) is 0 Å². The highest BCUT2D eigenvalue weighted by atomic mass is 32.2. The molecule has 1 amide bonds. The van der Waals surface area contributed by atoms with Crippen LogP contribution < -0.4 is 14.4 Å². The minimum absolute atomic E-state index is 0.149. The van der Waals surface area contributed by atoms with E-state index in [1.165, 1.54) is 4.31 Å². The third kappa shape index (κ3) is 4.74. The normalized spacial score (nSPS) is 14.9. The Morgan fingerprint density at radius 3 is 2.56 bits per heavy atom. The monoisotopic (exact) mass is 476 g/mol. The molecule has 2 heterocycles. The number of ether oxygens (including phenoxy) is 1. The van der Waals surface area contributed by atoms with Crippen LogP contribution >= 0.6 is 0 Å². The fourth-order valence-electron chi connectivity index (χ4n) is 3.99. The van der Waals surface area contributed by atoms with Crippen molar-refractivity contribution in [3.8, 4) is 5.75 Å². The van der Waals surface area contributed by atoms with Crippen molar-refractivity contribution in [2.45, 2.75) is 19.4 Å². The Kier molecular flexibility index (Phi) is 5.93. The second-order valence-corrected chi connectivity index (χ2v) is 10.2. The standard InChI is InChI=1S/C25H24N4O4S/c30-24(15-18-7-10-21(11-8-18)33-17-19-5-2-1-3-6-19)26-25-22-16-20(9-12-23(22)27-28-25)29-13-4-14-34(29,31)32/h1-3,5-12,16H,4,13-15,17H2,(H2,26,27,28,30). The largest absolute Gasteiger partial charge is 0.489 e. The number of carbonyl (C=O) groups is 1. The molecule has 0 atom stereocenters. The SMILES string of the molecule is O=C(Cc1ccc(OCc2ccccc2)cc1)Nc1n[nH]c2ccc(N3CCCS3(=O)=O)cc12. The van der Waals surface area contributed by atoms with E-state index in [1.807, 2.05) is 54.6 Å². The van der Waals surface area contributed by atoms with E-state index in [1.54, 1.807) is 18.2 Å². The zero-order valence-corrected chi connectivity index (χ0v) is 19.2. The van der Waals surface area contributed by atoms with E-state index < -0.39 is 10.0 Å². The van der Waals surface area contributed by atoms with Crippen LogP contribution in [0.5, 0.6) is 5.75 Å². The van der Waals surface area contributed by atoms with Gasteiger partial charge in [-0.15, -0.1) is 0 Å². The van der Waals surface area contributed by atoms with Crippen molar-refractivity contribution in [1.82, 2.24) is 10.2 Å². The molecule has 1 aliphatic heterocycles. The molecule has 0 spiro atoms. The van der Waals surface area contributed by atoms with Crippen LogP contribution in [0.25, 0.3) is 10.9 Å². The maximum absolute atomic E-state index is 12.7. The molecular formula is C25H24N4O4S. The highest BCUT2D eigenvalue weighted by Gasteiger charge is 2.28. The lowest BCUT2D eigenvalue weighted by Gasteiger charge is -2.16. The Hall–Kier alpha value is -3.85. The summed E-state index contributed by atoms with van der Waals surface area (Å²) in [6, 6.07) is 22.6. The van der Waals surface area contributed by atoms with Crippen LogP contribution in [-0.4, -0.2) is 36.8 Å². The van der Waals surface area contributed by atoms with Gasteiger partial charge < -0.3 is 10.1 Å². The Labute approximate surface area is 197 Å². The second kappa shape index (κ2) is 9.18. The molecule has 0 aliphatic carbocycles. The molecule has 0 unspecified atom stereocenters. The van der Waals surface area contributed by atoms with Crippen molar-refractivity contribution >= 4 is 38.3 Å². The number of hydrogen-bond donors (Lipinski definition) is 2. The Morgan fingerprint density at radius 1 is 1.03 bits per heavy atom. The summed E-state index contributed by atoms with van der Waals surface area (Å²) in [5, 5.41) is 10.6. The number of anilines is 2. The molecule has 34 heavy (non-hydrogen) atoms. The molecule has 8 nitrogen and oxygen atoms in total. The molecule has 2 N–H and O–H groups in total.